The van der Waals surface area contributed by atoms with Crippen molar-refractivity contribution in [3.05, 3.63) is 41.7 Å². The highest BCUT2D eigenvalue weighted by molar-refractivity contribution is 8.00. The van der Waals surface area contributed by atoms with Crippen molar-refractivity contribution in [1.82, 2.24) is 4.98 Å². The number of nitrogens with zero attached hydrogens (tertiary/aromatic N) is 2. The number of aryl methyl sites for hydroxylation is 2. The van der Waals surface area contributed by atoms with Crippen molar-refractivity contribution in [3.63, 3.8) is 0 Å². The fourth-order valence-corrected chi connectivity index (χ4v) is 5.23. The fourth-order valence-electron chi connectivity index (χ4n) is 2.83. The van der Waals surface area contributed by atoms with E-state index in [0.717, 1.165) is 6.42 Å². The first-order valence-corrected chi connectivity index (χ1v) is 8.42. The summed E-state index contributed by atoms with van der Waals surface area (Å²) in [5.41, 5.74) is 5.41. The third kappa shape index (κ3) is 1.68. The molecule has 0 unspecified atom stereocenters. The molecule has 0 saturated heterocycles. The second kappa shape index (κ2) is 4.50. The predicted octanol–water partition coefficient (Wildman–Crippen LogP) is 3.28. The Bertz CT molecular complexity index is 862. The molecule has 0 saturated carbocycles. The van der Waals surface area contributed by atoms with Gasteiger partial charge in [0.1, 0.15) is 5.69 Å². The molecular formula is C16H15N2S2+. The lowest BCUT2D eigenvalue weighted by molar-refractivity contribution is -0.662. The minimum atomic E-state index is 1.07. The minimum Gasteiger partial charge on any atom is -0.232 e. The standard InChI is InChI=1S/C16H15N2S2/c1-10-5-3-4-6-11(10)14-13-12-7-8-19-16(12)20-15(13)17-9-18(14)2/h3-6,8-9,19H,7H2,1-2H3/q+1. The SMILES string of the molecule is Cc1ccccc1-c1c2c3c(sc2nc[n+]1C)[SH]=CC3. The summed E-state index contributed by atoms with van der Waals surface area (Å²) in [5.74, 6) is 0. The molecule has 0 radical (unpaired) electrons. The largest absolute Gasteiger partial charge is 0.288 e. The van der Waals surface area contributed by atoms with Crippen LogP contribution in [0.5, 0.6) is 0 Å². The first kappa shape index (κ1) is 12.2. The molecule has 1 aromatic carbocycles. The minimum absolute atomic E-state index is 1.07. The van der Waals surface area contributed by atoms with E-state index >= 15 is 0 Å². The number of benzene rings is 1. The Morgan fingerprint density at radius 3 is 3.00 bits per heavy atom. The fraction of sp³-hybridized carbons (Fsp3) is 0.188. The summed E-state index contributed by atoms with van der Waals surface area (Å²) < 4.78 is 3.63. The van der Waals surface area contributed by atoms with Crippen molar-refractivity contribution < 1.29 is 4.57 Å². The summed E-state index contributed by atoms with van der Waals surface area (Å²) in [6.45, 7) is 2.18. The number of hydrogen-bond donors (Lipinski definition) is 1. The molecule has 0 aliphatic carbocycles. The van der Waals surface area contributed by atoms with Crippen LogP contribution < -0.4 is 4.57 Å². The van der Waals surface area contributed by atoms with Crippen LogP contribution in [0.3, 0.4) is 0 Å². The van der Waals surface area contributed by atoms with Crippen LogP contribution in [0.25, 0.3) is 21.5 Å². The van der Waals surface area contributed by atoms with E-state index in [4.69, 9.17) is 0 Å². The summed E-state index contributed by atoms with van der Waals surface area (Å²) in [5, 5.41) is 3.69. The molecule has 0 bridgehead atoms. The van der Waals surface area contributed by atoms with E-state index in [9.17, 15) is 0 Å². The van der Waals surface area contributed by atoms with Crippen molar-refractivity contribution in [2.24, 2.45) is 7.05 Å². The molecule has 1 aliphatic rings. The molecule has 3 aromatic rings. The highest BCUT2D eigenvalue weighted by Crippen LogP contribution is 2.41. The molecule has 1 aliphatic heterocycles. The van der Waals surface area contributed by atoms with E-state index in [0.29, 0.717) is 0 Å². The van der Waals surface area contributed by atoms with E-state index in [1.54, 1.807) is 0 Å². The van der Waals surface area contributed by atoms with Crippen LogP contribution >= 0.6 is 22.7 Å². The Hall–Kier alpha value is -1.52. The van der Waals surface area contributed by atoms with Crippen LogP contribution in [0, 0.1) is 6.92 Å². The summed E-state index contributed by atoms with van der Waals surface area (Å²) in [6, 6.07) is 8.61. The number of thiol groups is 1. The number of thiophene rings is 1. The normalized spacial score (nSPS) is 13.5. The molecule has 4 rings (SSSR count). The first-order chi connectivity index (χ1) is 9.75. The molecular weight excluding hydrogens is 284 g/mol. The van der Waals surface area contributed by atoms with Crippen LogP contribution in [0.1, 0.15) is 11.1 Å². The molecule has 0 fully saturated rings. The second-order valence-electron chi connectivity index (χ2n) is 5.10. The first-order valence-electron chi connectivity index (χ1n) is 6.64. The molecule has 100 valence electrons. The zero-order chi connectivity index (χ0) is 13.7. The van der Waals surface area contributed by atoms with Gasteiger partial charge in [-0.05, 0) is 29.5 Å². The van der Waals surface area contributed by atoms with E-state index in [1.165, 1.54) is 48.2 Å². The number of fused-ring (bicyclic) bond motifs is 3. The monoisotopic (exact) mass is 299 g/mol. The third-order valence-electron chi connectivity index (χ3n) is 3.81. The molecule has 4 heteroatoms. The van der Waals surface area contributed by atoms with Gasteiger partial charge < -0.3 is 0 Å². The van der Waals surface area contributed by atoms with E-state index in [2.05, 4.69) is 53.2 Å². The average Bonchev–Trinajstić information content (AvgIpc) is 3.01. The molecule has 2 aromatic heterocycles. The average molecular weight is 299 g/mol. The third-order valence-corrected chi connectivity index (χ3v) is 6.21. The van der Waals surface area contributed by atoms with Crippen LogP contribution in [-0.2, 0) is 13.5 Å². The van der Waals surface area contributed by atoms with Crippen molar-refractivity contribution in [2.45, 2.75) is 17.6 Å². The highest BCUT2D eigenvalue weighted by atomic mass is 32.2. The van der Waals surface area contributed by atoms with Gasteiger partial charge in [-0.1, -0.05) is 41.0 Å². The molecule has 0 amide bonds. The summed E-state index contributed by atoms with van der Waals surface area (Å²) >= 11 is 3.20. The van der Waals surface area contributed by atoms with Crippen LogP contribution in [-0.4, -0.2) is 10.4 Å². The molecule has 3 heterocycles. The van der Waals surface area contributed by atoms with Crippen LogP contribution in [0.15, 0.2) is 34.8 Å². The molecule has 2 nitrogen and oxygen atoms in total. The van der Waals surface area contributed by atoms with Gasteiger partial charge in [0.15, 0.2) is 0 Å². The lowest BCUT2D eigenvalue weighted by Gasteiger charge is -2.07. The van der Waals surface area contributed by atoms with Gasteiger partial charge in [0.2, 0.25) is 4.83 Å². The van der Waals surface area contributed by atoms with Crippen LogP contribution in [0.2, 0.25) is 0 Å². The molecule has 20 heavy (non-hydrogen) atoms. The Labute approximate surface area is 125 Å². The summed E-state index contributed by atoms with van der Waals surface area (Å²) in [7, 11) is 2.09. The van der Waals surface area contributed by atoms with Crippen molar-refractivity contribution >= 4 is 38.3 Å². The van der Waals surface area contributed by atoms with E-state index in [1.807, 2.05) is 17.7 Å². The lowest BCUT2D eigenvalue weighted by Crippen LogP contribution is -2.31. The summed E-state index contributed by atoms with van der Waals surface area (Å²) in [6.07, 6.45) is 3.01. The van der Waals surface area contributed by atoms with Gasteiger partial charge in [-0.3, -0.25) is 0 Å². The Kier molecular flexibility index (Phi) is 2.75. The summed E-state index contributed by atoms with van der Waals surface area (Å²) in [4.78, 5) is 5.80. The lowest BCUT2D eigenvalue weighted by atomic mass is 10.0. The quantitative estimate of drug-likeness (QED) is 0.414. The van der Waals surface area contributed by atoms with Gasteiger partial charge >= 0.3 is 0 Å². The van der Waals surface area contributed by atoms with Gasteiger partial charge in [0.05, 0.1) is 16.6 Å². The number of aromatic nitrogens is 2. The zero-order valence-electron chi connectivity index (χ0n) is 11.4. The van der Waals surface area contributed by atoms with Gasteiger partial charge in [0.25, 0.3) is 6.33 Å². The van der Waals surface area contributed by atoms with Crippen molar-refractivity contribution in [2.75, 3.05) is 0 Å². The van der Waals surface area contributed by atoms with Gasteiger partial charge in [0, 0.05) is 5.56 Å². The Morgan fingerprint density at radius 2 is 2.15 bits per heavy atom. The van der Waals surface area contributed by atoms with Crippen LogP contribution in [0.4, 0.5) is 0 Å². The van der Waals surface area contributed by atoms with Crippen molar-refractivity contribution in [3.8, 4) is 11.3 Å². The zero-order valence-corrected chi connectivity index (χ0v) is 13.1. The highest BCUT2D eigenvalue weighted by Gasteiger charge is 2.24. The maximum atomic E-state index is 4.62. The molecule has 0 N–H and O–H groups in total. The second-order valence-corrected chi connectivity index (χ2v) is 7.47. The number of hydrogen-bond acceptors (Lipinski definition) is 2. The van der Waals surface area contributed by atoms with E-state index < -0.39 is 0 Å². The predicted molar refractivity (Wildman–Crippen MR) is 88.0 cm³/mol. The van der Waals surface area contributed by atoms with Gasteiger partial charge in [-0.2, -0.15) is 11.4 Å². The Balaban J connectivity index is 2.14. The smallest absolute Gasteiger partial charge is 0.232 e. The maximum Gasteiger partial charge on any atom is 0.288 e. The van der Waals surface area contributed by atoms with Gasteiger partial charge in [-0.15, -0.1) is 0 Å². The molecule has 0 atom stereocenters. The molecule has 0 spiro atoms. The topological polar surface area (TPSA) is 16.8 Å². The Morgan fingerprint density at radius 1 is 1.30 bits per heavy atom. The van der Waals surface area contributed by atoms with E-state index in [-0.39, 0.29) is 0 Å². The maximum absolute atomic E-state index is 4.62. The van der Waals surface area contributed by atoms with Crippen molar-refractivity contribution in [1.29, 1.82) is 0 Å². The van der Waals surface area contributed by atoms with Gasteiger partial charge in [-0.25, -0.2) is 4.57 Å². The number of rotatable bonds is 1.